The number of pyridine rings is 1. The van der Waals surface area contributed by atoms with Gasteiger partial charge in [-0.25, -0.2) is 0 Å². The standard InChI is InChI=1S/C6H5N2S/c7-6(9)5-3-1-2-4-8-5/h1-2,4H,(H2,7,9). The van der Waals surface area contributed by atoms with Crippen molar-refractivity contribution in [1.82, 2.24) is 4.98 Å². The van der Waals surface area contributed by atoms with E-state index in [1.165, 1.54) is 0 Å². The minimum atomic E-state index is 0.288. The number of thiocarbonyl (C=S) groups is 1. The summed E-state index contributed by atoms with van der Waals surface area (Å²) in [5.74, 6) is 0. The van der Waals surface area contributed by atoms with Crippen molar-refractivity contribution in [2.45, 2.75) is 0 Å². The summed E-state index contributed by atoms with van der Waals surface area (Å²) in [6, 6.07) is 6.28. The zero-order valence-electron chi connectivity index (χ0n) is 4.66. The molecule has 0 unspecified atom stereocenters. The molecule has 9 heavy (non-hydrogen) atoms. The summed E-state index contributed by atoms with van der Waals surface area (Å²) in [6.45, 7) is 0. The Labute approximate surface area is 58.7 Å². The fourth-order valence-electron chi connectivity index (χ4n) is 0.460. The lowest BCUT2D eigenvalue weighted by Crippen LogP contribution is -2.10. The van der Waals surface area contributed by atoms with Gasteiger partial charge in [-0.15, -0.1) is 0 Å². The molecule has 2 N–H and O–H groups in total. The summed E-state index contributed by atoms with van der Waals surface area (Å²) < 4.78 is 0. The fraction of sp³-hybridized carbons (Fsp3) is 0. The number of rotatable bonds is 1. The summed E-state index contributed by atoms with van der Waals surface area (Å²) in [7, 11) is 0. The van der Waals surface area contributed by atoms with Crippen molar-refractivity contribution in [2.75, 3.05) is 0 Å². The van der Waals surface area contributed by atoms with E-state index in [1.54, 1.807) is 18.3 Å². The topological polar surface area (TPSA) is 38.9 Å². The van der Waals surface area contributed by atoms with E-state index in [2.05, 4.69) is 23.3 Å². The second-order valence-electron chi connectivity index (χ2n) is 1.49. The Morgan fingerprint density at radius 1 is 1.78 bits per heavy atom. The van der Waals surface area contributed by atoms with Gasteiger partial charge in [0.2, 0.25) is 0 Å². The van der Waals surface area contributed by atoms with E-state index in [0.717, 1.165) is 0 Å². The van der Waals surface area contributed by atoms with Crippen molar-refractivity contribution in [3.05, 3.63) is 30.1 Å². The number of hydrogen-bond donors (Lipinski definition) is 1. The van der Waals surface area contributed by atoms with Crippen molar-refractivity contribution in [3.8, 4) is 0 Å². The second kappa shape index (κ2) is 2.55. The van der Waals surface area contributed by atoms with Crippen LogP contribution >= 0.6 is 12.2 Å². The van der Waals surface area contributed by atoms with Gasteiger partial charge in [0.25, 0.3) is 0 Å². The first-order chi connectivity index (χ1) is 4.30. The van der Waals surface area contributed by atoms with E-state index in [9.17, 15) is 0 Å². The Morgan fingerprint density at radius 3 is 2.89 bits per heavy atom. The number of nitrogens with zero attached hydrogens (tertiary/aromatic N) is 1. The molecule has 0 aliphatic carbocycles. The van der Waals surface area contributed by atoms with Gasteiger partial charge >= 0.3 is 0 Å². The summed E-state index contributed by atoms with van der Waals surface area (Å²) >= 11 is 4.65. The summed E-state index contributed by atoms with van der Waals surface area (Å²) in [6.07, 6.45) is 1.63. The molecule has 0 aromatic carbocycles. The predicted octanol–water partition coefficient (Wildman–Crippen LogP) is 0.516. The van der Waals surface area contributed by atoms with Crippen LogP contribution in [0.4, 0.5) is 0 Å². The normalized spacial score (nSPS) is 8.89. The molecule has 0 aliphatic heterocycles. The van der Waals surface area contributed by atoms with Crippen LogP contribution in [-0.2, 0) is 0 Å². The fourth-order valence-corrected chi connectivity index (χ4v) is 0.571. The van der Waals surface area contributed by atoms with Crippen molar-refractivity contribution in [3.63, 3.8) is 0 Å². The van der Waals surface area contributed by atoms with Gasteiger partial charge in [-0.2, -0.15) is 0 Å². The first-order valence-electron chi connectivity index (χ1n) is 2.43. The van der Waals surface area contributed by atoms with Crippen LogP contribution in [-0.4, -0.2) is 9.97 Å². The Bertz CT molecular complexity index is 208. The summed E-state index contributed by atoms with van der Waals surface area (Å²) in [5.41, 5.74) is 5.80. The maximum absolute atomic E-state index is 5.25. The SMILES string of the molecule is NC(=S)c1[c]cccn1. The van der Waals surface area contributed by atoms with E-state index in [1.807, 2.05) is 0 Å². The molecule has 0 spiro atoms. The number of nitrogens with two attached hydrogens (primary N) is 1. The van der Waals surface area contributed by atoms with Gasteiger partial charge in [0.15, 0.2) is 0 Å². The van der Waals surface area contributed by atoms with Crippen molar-refractivity contribution in [1.29, 1.82) is 0 Å². The zero-order chi connectivity index (χ0) is 6.69. The van der Waals surface area contributed by atoms with Crippen LogP contribution in [0.5, 0.6) is 0 Å². The van der Waals surface area contributed by atoms with Crippen molar-refractivity contribution < 1.29 is 0 Å². The zero-order valence-corrected chi connectivity index (χ0v) is 5.48. The number of aromatic nitrogens is 1. The molecule has 1 aromatic heterocycles. The lowest BCUT2D eigenvalue weighted by atomic mass is 10.4. The molecule has 0 saturated carbocycles. The minimum absolute atomic E-state index is 0.288. The van der Waals surface area contributed by atoms with Crippen molar-refractivity contribution >= 4 is 17.2 Å². The van der Waals surface area contributed by atoms with Crippen LogP contribution < -0.4 is 5.73 Å². The lowest BCUT2D eigenvalue weighted by Gasteiger charge is -1.91. The van der Waals surface area contributed by atoms with Gasteiger partial charge < -0.3 is 5.73 Å². The van der Waals surface area contributed by atoms with Gasteiger partial charge in [0.05, 0.1) is 0 Å². The van der Waals surface area contributed by atoms with Gasteiger partial charge in [-0.1, -0.05) is 18.3 Å². The molecule has 1 aromatic rings. The molecule has 0 aliphatic rings. The average Bonchev–Trinajstić information content (AvgIpc) is 1.90. The van der Waals surface area contributed by atoms with E-state index >= 15 is 0 Å². The Hall–Kier alpha value is -0.960. The van der Waals surface area contributed by atoms with Crippen LogP contribution in [0.2, 0.25) is 0 Å². The Balaban J connectivity index is 2.98. The third kappa shape index (κ3) is 1.47. The molecule has 0 amide bonds. The monoisotopic (exact) mass is 137 g/mol. The van der Waals surface area contributed by atoms with Crippen LogP contribution in [0.15, 0.2) is 18.3 Å². The van der Waals surface area contributed by atoms with Crippen LogP contribution in [0, 0.1) is 6.07 Å². The van der Waals surface area contributed by atoms with Gasteiger partial charge in [-0.3, -0.25) is 4.98 Å². The van der Waals surface area contributed by atoms with Gasteiger partial charge in [0.1, 0.15) is 10.7 Å². The molecular weight excluding hydrogens is 132 g/mol. The molecule has 0 saturated heterocycles. The highest BCUT2D eigenvalue weighted by atomic mass is 32.1. The van der Waals surface area contributed by atoms with Crippen LogP contribution in [0.1, 0.15) is 5.69 Å². The first kappa shape index (κ1) is 6.16. The lowest BCUT2D eigenvalue weighted by molar-refractivity contribution is 1.29. The Kier molecular flexibility index (Phi) is 1.75. The van der Waals surface area contributed by atoms with Crippen LogP contribution in [0.25, 0.3) is 0 Å². The molecule has 0 atom stereocenters. The predicted molar refractivity (Wildman–Crippen MR) is 39.0 cm³/mol. The molecule has 45 valence electrons. The average molecular weight is 137 g/mol. The quantitative estimate of drug-likeness (QED) is 0.573. The molecule has 3 heteroatoms. The van der Waals surface area contributed by atoms with E-state index < -0.39 is 0 Å². The molecule has 1 heterocycles. The van der Waals surface area contributed by atoms with Crippen molar-refractivity contribution in [2.24, 2.45) is 5.73 Å². The number of hydrogen-bond acceptors (Lipinski definition) is 2. The highest BCUT2D eigenvalue weighted by Gasteiger charge is 1.92. The van der Waals surface area contributed by atoms with Crippen LogP contribution in [0.3, 0.4) is 0 Å². The third-order valence-electron chi connectivity index (χ3n) is 0.839. The summed E-state index contributed by atoms with van der Waals surface area (Å²) in [5, 5.41) is 0. The molecular formula is C6H5N2S. The highest BCUT2D eigenvalue weighted by molar-refractivity contribution is 7.80. The maximum atomic E-state index is 5.25. The van der Waals surface area contributed by atoms with E-state index in [4.69, 9.17) is 5.73 Å². The Morgan fingerprint density at radius 2 is 2.56 bits per heavy atom. The molecule has 0 bridgehead atoms. The van der Waals surface area contributed by atoms with Gasteiger partial charge in [0, 0.05) is 12.3 Å². The molecule has 0 fully saturated rings. The second-order valence-corrected chi connectivity index (χ2v) is 1.93. The first-order valence-corrected chi connectivity index (χ1v) is 2.84. The molecule has 1 rings (SSSR count). The largest absolute Gasteiger partial charge is 0.388 e. The highest BCUT2D eigenvalue weighted by Crippen LogP contribution is 1.89. The summed E-state index contributed by atoms with van der Waals surface area (Å²) in [4.78, 5) is 4.14. The molecule has 2 nitrogen and oxygen atoms in total. The maximum Gasteiger partial charge on any atom is 0.123 e. The third-order valence-corrected chi connectivity index (χ3v) is 1.03. The smallest absolute Gasteiger partial charge is 0.123 e. The molecule has 1 radical (unpaired) electrons. The van der Waals surface area contributed by atoms with E-state index in [0.29, 0.717) is 5.69 Å². The van der Waals surface area contributed by atoms with E-state index in [-0.39, 0.29) is 4.99 Å². The minimum Gasteiger partial charge on any atom is -0.388 e. The van der Waals surface area contributed by atoms with Gasteiger partial charge in [-0.05, 0) is 6.07 Å².